The lowest BCUT2D eigenvalue weighted by Gasteiger charge is -2.30. The molecule has 0 N–H and O–H groups in total. The molecule has 2 rings (SSSR count). The Hall–Kier alpha value is -0.830. The Kier molecular flexibility index (Phi) is 5.03. The molecule has 1 saturated carbocycles. The van der Waals surface area contributed by atoms with E-state index in [-0.39, 0.29) is 11.7 Å². The van der Waals surface area contributed by atoms with Gasteiger partial charge in [-0.1, -0.05) is 42.1 Å². The van der Waals surface area contributed by atoms with Crippen molar-refractivity contribution >= 4 is 21.7 Å². The molecule has 0 saturated heterocycles. The van der Waals surface area contributed by atoms with Crippen molar-refractivity contribution in [3.8, 4) is 5.75 Å². The predicted octanol–water partition coefficient (Wildman–Crippen LogP) is 4.86. The van der Waals surface area contributed by atoms with Crippen molar-refractivity contribution in [1.82, 2.24) is 0 Å². The van der Waals surface area contributed by atoms with Crippen LogP contribution in [0.15, 0.2) is 22.7 Å². The number of halogens is 1. The van der Waals surface area contributed by atoms with Crippen LogP contribution in [0.3, 0.4) is 0 Å². The topological polar surface area (TPSA) is 26.3 Å². The fourth-order valence-corrected chi connectivity index (χ4v) is 3.50. The number of Topliss-reactive ketones (excluding diaryl/α,β-unsaturated/α-hetero) is 1. The van der Waals surface area contributed by atoms with Crippen LogP contribution in [0.2, 0.25) is 0 Å². The van der Waals surface area contributed by atoms with E-state index in [9.17, 15) is 4.79 Å². The highest BCUT2D eigenvalue weighted by atomic mass is 79.9. The van der Waals surface area contributed by atoms with Crippen molar-refractivity contribution in [2.45, 2.75) is 39.0 Å². The second kappa shape index (κ2) is 6.56. The lowest BCUT2D eigenvalue weighted by Crippen LogP contribution is -2.27. The molecule has 1 fully saturated rings. The fraction of sp³-hybridized carbons (Fsp3) is 0.562. The van der Waals surface area contributed by atoms with Gasteiger partial charge in [0.15, 0.2) is 5.78 Å². The maximum absolute atomic E-state index is 12.8. The van der Waals surface area contributed by atoms with Gasteiger partial charge in [0, 0.05) is 16.0 Å². The number of methoxy groups -OCH3 is 1. The molecule has 2 nitrogen and oxygen atoms in total. The highest BCUT2D eigenvalue weighted by Crippen LogP contribution is 2.36. The zero-order chi connectivity index (χ0) is 13.8. The zero-order valence-electron chi connectivity index (χ0n) is 11.6. The van der Waals surface area contributed by atoms with Gasteiger partial charge in [-0.15, -0.1) is 0 Å². The Morgan fingerprint density at radius 1 is 1.37 bits per heavy atom. The molecule has 0 heterocycles. The highest BCUT2D eigenvalue weighted by Gasteiger charge is 2.31. The van der Waals surface area contributed by atoms with E-state index in [1.165, 1.54) is 19.3 Å². The molecule has 104 valence electrons. The summed E-state index contributed by atoms with van der Waals surface area (Å²) < 4.78 is 6.10. The first-order chi connectivity index (χ1) is 9.17. The molecule has 0 amide bonds. The number of hydrogen-bond acceptors (Lipinski definition) is 2. The first-order valence-electron chi connectivity index (χ1n) is 7.05. The van der Waals surface area contributed by atoms with Crippen molar-refractivity contribution in [3.05, 3.63) is 28.2 Å². The van der Waals surface area contributed by atoms with E-state index in [0.29, 0.717) is 5.92 Å². The molecule has 0 aliphatic heterocycles. The van der Waals surface area contributed by atoms with E-state index >= 15 is 0 Å². The number of benzene rings is 1. The van der Waals surface area contributed by atoms with Crippen molar-refractivity contribution in [1.29, 1.82) is 0 Å². The smallest absolute Gasteiger partial charge is 0.167 e. The molecule has 1 aliphatic rings. The second-order valence-electron chi connectivity index (χ2n) is 5.27. The molecule has 2 atom stereocenters. The summed E-state index contributed by atoms with van der Waals surface area (Å²) in [6.45, 7) is 2.19. The van der Waals surface area contributed by atoms with Gasteiger partial charge in [-0.25, -0.2) is 0 Å². The summed E-state index contributed by atoms with van der Waals surface area (Å²) in [6.07, 6.45) is 5.75. The summed E-state index contributed by atoms with van der Waals surface area (Å²) in [4.78, 5) is 12.8. The van der Waals surface area contributed by atoms with Crippen LogP contribution in [0.25, 0.3) is 0 Å². The van der Waals surface area contributed by atoms with Crippen molar-refractivity contribution in [3.63, 3.8) is 0 Å². The minimum absolute atomic E-state index is 0.183. The van der Waals surface area contributed by atoms with Crippen LogP contribution in [-0.4, -0.2) is 12.9 Å². The average molecular weight is 325 g/mol. The molecule has 0 spiro atoms. The zero-order valence-corrected chi connectivity index (χ0v) is 13.2. The van der Waals surface area contributed by atoms with Crippen molar-refractivity contribution in [2.75, 3.05) is 7.11 Å². The molecule has 0 radical (unpaired) electrons. The van der Waals surface area contributed by atoms with Crippen LogP contribution in [-0.2, 0) is 0 Å². The minimum atomic E-state index is 0.183. The van der Waals surface area contributed by atoms with Gasteiger partial charge in [0.1, 0.15) is 5.75 Å². The molecule has 1 aromatic carbocycles. The number of carbonyl (C=O) groups is 1. The van der Waals surface area contributed by atoms with Crippen molar-refractivity contribution < 1.29 is 9.53 Å². The Labute approximate surface area is 123 Å². The third-order valence-electron chi connectivity index (χ3n) is 4.21. The van der Waals surface area contributed by atoms with Crippen LogP contribution in [0.5, 0.6) is 5.75 Å². The average Bonchev–Trinajstić information content (AvgIpc) is 2.47. The van der Waals surface area contributed by atoms with Gasteiger partial charge in [0.2, 0.25) is 0 Å². The first kappa shape index (κ1) is 14.6. The lowest BCUT2D eigenvalue weighted by molar-refractivity contribution is 0.0819. The van der Waals surface area contributed by atoms with Crippen LogP contribution >= 0.6 is 15.9 Å². The maximum Gasteiger partial charge on any atom is 0.167 e. The van der Waals surface area contributed by atoms with E-state index < -0.39 is 0 Å². The fourth-order valence-electron chi connectivity index (χ4n) is 3.06. The molecule has 2 unspecified atom stereocenters. The largest absolute Gasteiger partial charge is 0.497 e. The minimum Gasteiger partial charge on any atom is -0.497 e. The lowest BCUT2D eigenvalue weighted by atomic mass is 9.74. The van der Waals surface area contributed by atoms with E-state index in [1.54, 1.807) is 7.11 Å². The number of hydrogen-bond donors (Lipinski definition) is 0. The molecule has 1 aliphatic carbocycles. The third kappa shape index (κ3) is 3.19. The van der Waals surface area contributed by atoms with Gasteiger partial charge in [0.25, 0.3) is 0 Å². The predicted molar refractivity (Wildman–Crippen MR) is 80.8 cm³/mol. The second-order valence-corrected chi connectivity index (χ2v) is 6.12. The third-order valence-corrected chi connectivity index (χ3v) is 4.90. The van der Waals surface area contributed by atoms with Gasteiger partial charge in [-0.3, -0.25) is 4.79 Å². The standard InChI is InChI=1S/C16H21BrO2/c1-3-11-6-4-5-7-13(11)16(18)14-10-12(19-2)8-9-15(14)17/h8-11,13H,3-7H2,1-2H3. The van der Waals surface area contributed by atoms with E-state index in [0.717, 1.165) is 28.6 Å². The number of carbonyl (C=O) groups excluding carboxylic acids is 1. The Morgan fingerprint density at radius 2 is 2.11 bits per heavy atom. The summed E-state index contributed by atoms with van der Waals surface area (Å²) in [7, 11) is 1.63. The summed E-state index contributed by atoms with van der Waals surface area (Å²) >= 11 is 3.49. The summed E-state index contributed by atoms with van der Waals surface area (Å²) in [6, 6.07) is 5.63. The van der Waals surface area contributed by atoms with Crippen LogP contribution in [0.1, 0.15) is 49.4 Å². The normalized spacial score (nSPS) is 23.1. The Morgan fingerprint density at radius 3 is 2.79 bits per heavy atom. The summed E-state index contributed by atoms with van der Waals surface area (Å²) in [5.41, 5.74) is 0.768. The Balaban J connectivity index is 2.27. The molecule has 0 bridgehead atoms. The quantitative estimate of drug-likeness (QED) is 0.739. The molecular formula is C16H21BrO2. The van der Waals surface area contributed by atoms with Gasteiger partial charge < -0.3 is 4.74 Å². The molecular weight excluding hydrogens is 304 g/mol. The summed E-state index contributed by atoms with van der Waals surface area (Å²) in [5, 5.41) is 0. The molecule has 1 aromatic rings. The van der Waals surface area contributed by atoms with Gasteiger partial charge in [-0.2, -0.15) is 0 Å². The number of ketones is 1. The number of rotatable bonds is 4. The van der Waals surface area contributed by atoms with Gasteiger partial charge in [0.05, 0.1) is 7.11 Å². The van der Waals surface area contributed by atoms with Crippen LogP contribution in [0.4, 0.5) is 0 Å². The monoisotopic (exact) mass is 324 g/mol. The van der Waals surface area contributed by atoms with E-state index in [4.69, 9.17) is 4.74 Å². The molecule has 3 heteroatoms. The maximum atomic E-state index is 12.8. The first-order valence-corrected chi connectivity index (χ1v) is 7.84. The van der Waals surface area contributed by atoms with Gasteiger partial charge in [-0.05, 0) is 37.0 Å². The highest BCUT2D eigenvalue weighted by molar-refractivity contribution is 9.10. The van der Waals surface area contributed by atoms with Gasteiger partial charge >= 0.3 is 0 Å². The SMILES string of the molecule is CCC1CCCCC1C(=O)c1cc(OC)ccc1Br. The summed E-state index contributed by atoms with van der Waals surface area (Å²) in [5.74, 6) is 1.74. The van der Waals surface area contributed by atoms with E-state index in [1.807, 2.05) is 18.2 Å². The number of ether oxygens (including phenoxy) is 1. The molecule has 19 heavy (non-hydrogen) atoms. The van der Waals surface area contributed by atoms with Crippen LogP contribution in [0, 0.1) is 11.8 Å². The van der Waals surface area contributed by atoms with Crippen LogP contribution < -0.4 is 4.74 Å². The van der Waals surface area contributed by atoms with Crippen molar-refractivity contribution in [2.24, 2.45) is 11.8 Å². The Bertz CT molecular complexity index is 456. The van der Waals surface area contributed by atoms with E-state index in [2.05, 4.69) is 22.9 Å². The molecule has 0 aromatic heterocycles.